The molecule has 0 bridgehead atoms. The maximum absolute atomic E-state index is 2.99. The SMILES string of the molecule is CC(C)(C)c1ccc2c(c1)[cH-]c1cc(C(C)(C)C)ccc12.C[C](=[Zr+2])c1ccccc1.F.F.[C-]1=CC=CC1. The van der Waals surface area contributed by atoms with E-state index in [1.54, 1.807) is 0 Å². The molecule has 0 unspecified atom stereocenters. The fraction of sp³-hybridized carbons (Fsp3) is 0.294. The maximum atomic E-state index is 2.99. The van der Waals surface area contributed by atoms with Gasteiger partial charge in [0.2, 0.25) is 0 Å². The molecule has 4 aromatic rings. The first-order chi connectivity index (χ1) is 16.5. The number of rotatable bonds is 1. The molecular formula is C34H40F2Zr. The summed E-state index contributed by atoms with van der Waals surface area (Å²) in [7, 11) is 0. The molecule has 0 aliphatic heterocycles. The van der Waals surface area contributed by atoms with Crippen molar-refractivity contribution in [3.63, 3.8) is 0 Å². The molecular weight excluding hydrogens is 538 g/mol. The van der Waals surface area contributed by atoms with Gasteiger partial charge in [0.15, 0.2) is 0 Å². The van der Waals surface area contributed by atoms with E-state index in [-0.39, 0.29) is 20.2 Å². The van der Waals surface area contributed by atoms with Gasteiger partial charge in [0.1, 0.15) is 0 Å². The van der Waals surface area contributed by atoms with Gasteiger partial charge in [0.25, 0.3) is 0 Å². The standard InChI is InChI=1S/C21H25.C8H8.C5H5.2FH.Zr/c1-20(2,3)16-7-9-18-14(12-16)11-15-13-17(21(4,5)6)8-10-19(15)18;1-2-8-6-4-3-5-7-8;1-2-4-5-3-1;;;/h7-13H,1-6H3;3-7H,1H3;1-3H,4H2;2*1H;/q-1;;-1;;;+2. The Labute approximate surface area is 236 Å². The van der Waals surface area contributed by atoms with Crippen LogP contribution >= 0.6 is 0 Å². The summed E-state index contributed by atoms with van der Waals surface area (Å²) >= 11 is 1.51. The van der Waals surface area contributed by atoms with Crippen molar-refractivity contribution >= 4 is 24.8 Å². The van der Waals surface area contributed by atoms with Gasteiger partial charge in [-0.2, -0.15) is 6.08 Å². The van der Waals surface area contributed by atoms with Crippen molar-refractivity contribution in [2.45, 2.75) is 65.7 Å². The topological polar surface area (TPSA) is 0 Å². The second-order valence-electron chi connectivity index (χ2n) is 11.2. The zero-order chi connectivity index (χ0) is 25.6. The van der Waals surface area contributed by atoms with Crippen molar-refractivity contribution in [2.24, 2.45) is 0 Å². The summed E-state index contributed by atoms with van der Waals surface area (Å²) in [5, 5.41) is 5.48. The van der Waals surface area contributed by atoms with Crippen LogP contribution in [0.15, 0.2) is 91.0 Å². The summed E-state index contributed by atoms with van der Waals surface area (Å²) in [6, 6.07) is 26.7. The van der Waals surface area contributed by atoms with E-state index >= 15 is 0 Å². The van der Waals surface area contributed by atoms with E-state index in [1.165, 1.54) is 65.7 Å². The minimum atomic E-state index is 0. The molecule has 0 atom stereocenters. The zero-order valence-corrected chi connectivity index (χ0v) is 25.6. The quantitative estimate of drug-likeness (QED) is 0.198. The molecule has 0 heterocycles. The molecule has 5 rings (SSSR count). The van der Waals surface area contributed by atoms with Crippen molar-refractivity contribution in [3.05, 3.63) is 114 Å². The molecule has 0 fully saturated rings. The second kappa shape index (κ2) is 14.0. The third-order valence-electron chi connectivity index (χ3n) is 6.23. The third kappa shape index (κ3) is 9.15. The van der Waals surface area contributed by atoms with Crippen molar-refractivity contribution in [2.75, 3.05) is 0 Å². The van der Waals surface area contributed by atoms with Crippen LogP contribution in [0.1, 0.15) is 71.6 Å². The summed E-state index contributed by atoms with van der Waals surface area (Å²) in [6.07, 6.45) is 10.0. The number of hydrogen-bond donors (Lipinski definition) is 0. The normalized spacial score (nSPS) is 12.1. The van der Waals surface area contributed by atoms with Crippen molar-refractivity contribution in [1.82, 2.24) is 0 Å². The smallest absolute Gasteiger partial charge is 0.109 e. The largest absolute Gasteiger partial charge is 0.273 e. The molecule has 0 nitrogen and oxygen atoms in total. The van der Waals surface area contributed by atoms with E-state index in [9.17, 15) is 0 Å². The molecule has 1 aliphatic carbocycles. The van der Waals surface area contributed by atoms with Crippen LogP contribution in [0.2, 0.25) is 0 Å². The first-order valence-corrected chi connectivity index (χ1v) is 13.7. The van der Waals surface area contributed by atoms with Crippen LogP contribution in [0.25, 0.3) is 21.5 Å². The molecule has 1 aliphatic rings. The first-order valence-electron chi connectivity index (χ1n) is 12.4. The number of allylic oxidation sites excluding steroid dienone is 4. The van der Waals surface area contributed by atoms with Crippen LogP contribution < -0.4 is 0 Å². The van der Waals surface area contributed by atoms with Gasteiger partial charge in [-0.25, -0.2) is 12.2 Å². The van der Waals surface area contributed by atoms with E-state index in [0.717, 1.165) is 6.42 Å². The minimum absolute atomic E-state index is 0. The van der Waals surface area contributed by atoms with Gasteiger partial charge in [-0.15, -0.1) is 46.2 Å². The second-order valence-corrected chi connectivity index (χ2v) is 13.1. The Balaban J connectivity index is 0.000000354. The van der Waals surface area contributed by atoms with Gasteiger partial charge in [-0.3, -0.25) is 15.5 Å². The Kier molecular flexibility index (Phi) is 12.3. The summed E-state index contributed by atoms with van der Waals surface area (Å²) in [6.45, 7) is 15.8. The van der Waals surface area contributed by atoms with Gasteiger partial charge in [0, 0.05) is 0 Å². The van der Waals surface area contributed by atoms with E-state index in [1.807, 2.05) is 18.2 Å². The zero-order valence-electron chi connectivity index (χ0n) is 23.2. The van der Waals surface area contributed by atoms with Crippen LogP contribution in [0.5, 0.6) is 0 Å². The first kappa shape index (κ1) is 32.7. The van der Waals surface area contributed by atoms with Gasteiger partial charge in [0.05, 0.1) is 0 Å². The molecule has 0 N–H and O–H groups in total. The molecule has 37 heavy (non-hydrogen) atoms. The van der Waals surface area contributed by atoms with Crippen molar-refractivity contribution < 1.29 is 33.6 Å². The molecule has 0 saturated carbocycles. The Bertz CT molecular complexity index is 1270. The summed E-state index contributed by atoms with van der Waals surface area (Å²) in [5.74, 6) is 0. The van der Waals surface area contributed by atoms with Crippen LogP contribution in [0.4, 0.5) is 9.41 Å². The Morgan fingerprint density at radius 1 is 0.757 bits per heavy atom. The summed E-state index contributed by atoms with van der Waals surface area (Å²) in [5.41, 5.74) is 4.58. The fourth-order valence-corrected chi connectivity index (χ4v) is 4.39. The summed E-state index contributed by atoms with van der Waals surface area (Å²) < 4.78 is 1.46. The fourth-order valence-electron chi connectivity index (χ4n) is 3.98. The predicted molar refractivity (Wildman–Crippen MR) is 157 cm³/mol. The van der Waals surface area contributed by atoms with Crippen molar-refractivity contribution in [3.8, 4) is 0 Å². The number of hydrogen-bond acceptors (Lipinski definition) is 0. The molecule has 4 aromatic carbocycles. The summed E-state index contributed by atoms with van der Waals surface area (Å²) in [4.78, 5) is 0. The molecule has 3 heteroatoms. The minimum Gasteiger partial charge on any atom is -0.273 e. The van der Waals surface area contributed by atoms with Gasteiger partial charge in [-0.05, 0) is 10.8 Å². The van der Waals surface area contributed by atoms with Gasteiger partial charge in [-0.1, -0.05) is 76.9 Å². The average molecular weight is 578 g/mol. The van der Waals surface area contributed by atoms with Crippen LogP contribution in [0, 0.1) is 6.08 Å². The third-order valence-corrected chi connectivity index (χ3v) is 6.94. The van der Waals surface area contributed by atoms with E-state index in [2.05, 4.69) is 127 Å². The molecule has 0 saturated heterocycles. The van der Waals surface area contributed by atoms with E-state index in [4.69, 9.17) is 0 Å². The monoisotopic (exact) mass is 576 g/mol. The van der Waals surface area contributed by atoms with Gasteiger partial charge >= 0.3 is 70.3 Å². The average Bonchev–Trinajstić information content (AvgIpc) is 3.49. The molecule has 194 valence electrons. The van der Waals surface area contributed by atoms with E-state index in [0.29, 0.717) is 0 Å². The van der Waals surface area contributed by atoms with Crippen LogP contribution in [-0.2, 0) is 35.1 Å². The van der Waals surface area contributed by atoms with Gasteiger partial charge < -0.3 is 0 Å². The number of benzene rings is 3. The van der Waals surface area contributed by atoms with Crippen molar-refractivity contribution in [1.29, 1.82) is 0 Å². The molecule has 0 radical (unpaired) electrons. The number of halogens is 2. The Morgan fingerprint density at radius 3 is 1.54 bits per heavy atom. The van der Waals surface area contributed by atoms with Crippen LogP contribution in [-0.4, -0.2) is 3.21 Å². The maximum Gasteiger partial charge on any atom is -0.109 e. The molecule has 0 spiro atoms. The Morgan fingerprint density at radius 2 is 1.24 bits per heavy atom. The Hall–Kier alpha value is -2.38. The molecule has 0 aromatic heterocycles. The van der Waals surface area contributed by atoms with E-state index < -0.39 is 0 Å². The van der Waals surface area contributed by atoms with Crippen LogP contribution in [0.3, 0.4) is 0 Å². The molecule has 0 amide bonds. The predicted octanol–water partition coefficient (Wildman–Crippen LogP) is 9.69. The number of fused-ring (bicyclic) bond motifs is 3.